The van der Waals surface area contributed by atoms with Crippen LogP contribution >= 0.6 is 15.9 Å². The van der Waals surface area contributed by atoms with Gasteiger partial charge in [0.1, 0.15) is 0 Å². The first-order valence-electron chi connectivity index (χ1n) is 3.30. The van der Waals surface area contributed by atoms with Gasteiger partial charge in [-0.1, -0.05) is 35.0 Å². The number of hydrogen-bond acceptors (Lipinski definition) is 2. The van der Waals surface area contributed by atoms with Gasteiger partial charge in [-0.05, 0) is 6.08 Å². The predicted octanol–water partition coefficient (Wildman–Crippen LogP) is 2.12. The Kier molecular flexibility index (Phi) is 2.44. The van der Waals surface area contributed by atoms with Gasteiger partial charge in [0, 0.05) is 9.41 Å². The second-order valence-electron chi connectivity index (χ2n) is 2.50. The third-order valence-corrected chi connectivity index (χ3v) is 2.74. The Morgan fingerprint density at radius 2 is 2.36 bits per heavy atom. The first-order chi connectivity index (χ1) is 5.13. The van der Waals surface area contributed by atoms with Crippen molar-refractivity contribution in [3.63, 3.8) is 0 Å². The Balaban J connectivity index is 2.81. The zero-order valence-electron chi connectivity index (χ0n) is 6.03. The molecule has 4 heteroatoms. The summed E-state index contributed by atoms with van der Waals surface area (Å²) in [5.41, 5.74) is 0. The normalized spacial score (nSPS) is 29.8. The van der Waals surface area contributed by atoms with Crippen LogP contribution < -0.4 is 0 Å². The molecule has 1 rings (SSSR count). The van der Waals surface area contributed by atoms with Crippen LogP contribution in [0.25, 0.3) is 0 Å². The Labute approximate surface area is 73.1 Å². The van der Waals surface area contributed by atoms with E-state index in [9.17, 15) is 10.1 Å². The molecule has 0 amide bonds. The summed E-state index contributed by atoms with van der Waals surface area (Å²) in [5.74, 6) is -0.0463. The molecule has 0 aromatic carbocycles. The quantitative estimate of drug-likeness (QED) is 0.499. The van der Waals surface area contributed by atoms with E-state index in [4.69, 9.17) is 0 Å². The minimum Gasteiger partial charge on any atom is -0.264 e. The Morgan fingerprint density at radius 1 is 1.73 bits per heavy atom. The number of halogens is 1. The lowest BCUT2D eigenvalue weighted by Crippen LogP contribution is -2.26. The fraction of sp³-hybridized carbons (Fsp3) is 0.429. The number of allylic oxidation sites excluding steroid dienone is 2. The van der Waals surface area contributed by atoms with Gasteiger partial charge in [-0.25, -0.2) is 0 Å². The van der Waals surface area contributed by atoms with Crippen molar-refractivity contribution in [2.45, 2.75) is 13.0 Å². The maximum absolute atomic E-state index is 10.4. The summed E-state index contributed by atoms with van der Waals surface area (Å²) >= 11 is 3.27. The molecule has 0 saturated carbocycles. The van der Waals surface area contributed by atoms with Crippen molar-refractivity contribution < 1.29 is 4.92 Å². The number of nitro groups is 1. The van der Waals surface area contributed by atoms with Gasteiger partial charge in [-0.15, -0.1) is 0 Å². The molecule has 0 heterocycles. The molecule has 2 atom stereocenters. The monoisotopic (exact) mass is 217 g/mol. The molecule has 0 saturated heterocycles. The van der Waals surface area contributed by atoms with Crippen molar-refractivity contribution in [2.75, 3.05) is 0 Å². The summed E-state index contributed by atoms with van der Waals surface area (Å²) in [5, 5.41) is 10.4. The third-order valence-electron chi connectivity index (χ3n) is 1.75. The molecule has 0 aromatic heterocycles. The Morgan fingerprint density at radius 3 is 2.82 bits per heavy atom. The van der Waals surface area contributed by atoms with Crippen LogP contribution in [-0.2, 0) is 0 Å². The van der Waals surface area contributed by atoms with Gasteiger partial charge in [-0.2, -0.15) is 0 Å². The fourth-order valence-electron chi connectivity index (χ4n) is 0.996. The largest absolute Gasteiger partial charge is 0.264 e. The van der Waals surface area contributed by atoms with Crippen LogP contribution in [0.3, 0.4) is 0 Å². The van der Waals surface area contributed by atoms with Crippen LogP contribution in [0, 0.1) is 16.0 Å². The smallest absolute Gasteiger partial charge is 0.238 e. The van der Waals surface area contributed by atoms with Gasteiger partial charge in [-0.3, -0.25) is 10.1 Å². The SMILES string of the molecule is CC1C(Br)=CC=CC1[N+](=O)[O-]. The van der Waals surface area contributed by atoms with E-state index >= 15 is 0 Å². The standard InChI is InChI=1S/C7H8BrNO2/c1-5-6(8)3-2-4-7(5)9(10)11/h2-5,7H,1H3. The fourth-order valence-corrected chi connectivity index (χ4v) is 1.42. The maximum Gasteiger partial charge on any atom is 0.238 e. The van der Waals surface area contributed by atoms with E-state index in [1.165, 1.54) is 0 Å². The molecule has 60 valence electrons. The minimum atomic E-state index is -0.575. The average molecular weight is 218 g/mol. The van der Waals surface area contributed by atoms with Gasteiger partial charge < -0.3 is 0 Å². The van der Waals surface area contributed by atoms with Crippen LogP contribution in [0.2, 0.25) is 0 Å². The average Bonchev–Trinajstić information content (AvgIpc) is 1.94. The molecule has 0 N–H and O–H groups in total. The summed E-state index contributed by atoms with van der Waals surface area (Å²) in [4.78, 5) is 10.1. The molecule has 3 nitrogen and oxygen atoms in total. The number of nitrogens with zero attached hydrogens (tertiary/aromatic N) is 1. The minimum absolute atomic E-state index is 0.0463. The Bertz CT molecular complexity index is 235. The van der Waals surface area contributed by atoms with Crippen molar-refractivity contribution in [3.05, 3.63) is 32.8 Å². The van der Waals surface area contributed by atoms with Crippen molar-refractivity contribution in [3.8, 4) is 0 Å². The molecular formula is C7H8BrNO2. The summed E-state index contributed by atoms with van der Waals surface area (Å²) < 4.78 is 0.890. The van der Waals surface area contributed by atoms with Crippen molar-refractivity contribution in [1.29, 1.82) is 0 Å². The molecule has 1 aliphatic carbocycles. The molecule has 0 aromatic rings. The molecule has 1 aliphatic rings. The van der Waals surface area contributed by atoms with Crippen molar-refractivity contribution >= 4 is 15.9 Å². The van der Waals surface area contributed by atoms with Gasteiger partial charge >= 0.3 is 0 Å². The zero-order chi connectivity index (χ0) is 8.43. The van der Waals surface area contributed by atoms with Crippen molar-refractivity contribution in [1.82, 2.24) is 0 Å². The Hall–Kier alpha value is -0.640. The highest BCUT2D eigenvalue weighted by molar-refractivity contribution is 9.11. The summed E-state index contributed by atoms with van der Waals surface area (Å²) in [6.07, 6.45) is 5.15. The zero-order valence-corrected chi connectivity index (χ0v) is 7.61. The van der Waals surface area contributed by atoms with Gasteiger partial charge in [0.2, 0.25) is 6.04 Å². The molecule has 11 heavy (non-hydrogen) atoms. The highest BCUT2D eigenvalue weighted by Gasteiger charge is 2.28. The van der Waals surface area contributed by atoms with E-state index in [1.807, 2.05) is 13.0 Å². The topological polar surface area (TPSA) is 43.1 Å². The lowest BCUT2D eigenvalue weighted by molar-refractivity contribution is -0.515. The van der Waals surface area contributed by atoms with Crippen molar-refractivity contribution in [2.24, 2.45) is 5.92 Å². The summed E-state index contributed by atoms with van der Waals surface area (Å²) in [6, 6.07) is -0.575. The molecule has 0 aliphatic heterocycles. The van der Waals surface area contributed by atoms with Gasteiger partial charge in [0.15, 0.2) is 0 Å². The van der Waals surface area contributed by atoms with Gasteiger partial charge in [0.25, 0.3) is 0 Å². The van der Waals surface area contributed by atoms with Crippen LogP contribution in [0.5, 0.6) is 0 Å². The highest BCUT2D eigenvalue weighted by Crippen LogP contribution is 2.26. The lowest BCUT2D eigenvalue weighted by Gasteiger charge is -2.15. The molecular weight excluding hydrogens is 210 g/mol. The second kappa shape index (κ2) is 3.17. The maximum atomic E-state index is 10.4. The van der Waals surface area contributed by atoms with Gasteiger partial charge in [0.05, 0.1) is 5.92 Å². The first-order valence-corrected chi connectivity index (χ1v) is 4.09. The van der Waals surface area contributed by atoms with Crippen LogP contribution in [-0.4, -0.2) is 11.0 Å². The lowest BCUT2D eigenvalue weighted by atomic mass is 9.98. The molecule has 0 spiro atoms. The molecule has 2 unspecified atom stereocenters. The molecule has 0 radical (unpaired) electrons. The second-order valence-corrected chi connectivity index (χ2v) is 3.42. The van der Waals surface area contributed by atoms with E-state index in [2.05, 4.69) is 15.9 Å². The predicted molar refractivity (Wildman–Crippen MR) is 46.1 cm³/mol. The molecule has 0 bridgehead atoms. The van der Waals surface area contributed by atoms with E-state index in [0.29, 0.717) is 0 Å². The van der Waals surface area contributed by atoms with E-state index < -0.39 is 6.04 Å². The summed E-state index contributed by atoms with van der Waals surface area (Å²) in [7, 11) is 0. The van der Waals surface area contributed by atoms with E-state index in [-0.39, 0.29) is 10.8 Å². The third kappa shape index (κ3) is 1.68. The number of hydrogen-bond donors (Lipinski definition) is 0. The van der Waals surface area contributed by atoms with Crippen LogP contribution in [0.15, 0.2) is 22.7 Å². The highest BCUT2D eigenvalue weighted by atomic mass is 79.9. The number of rotatable bonds is 1. The first kappa shape index (κ1) is 8.46. The molecule has 0 fully saturated rings. The van der Waals surface area contributed by atoms with Crippen LogP contribution in [0.4, 0.5) is 0 Å². The van der Waals surface area contributed by atoms with Crippen LogP contribution in [0.1, 0.15) is 6.92 Å². The van der Waals surface area contributed by atoms with E-state index in [0.717, 1.165) is 4.48 Å². The summed E-state index contributed by atoms with van der Waals surface area (Å²) in [6.45, 7) is 1.83. The van der Waals surface area contributed by atoms with E-state index in [1.54, 1.807) is 12.2 Å².